The zero-order chi connectivity index (χ0) is 19.3. The highest BCUT2D eigenvalue weighted by atomic mass is 16.3. The van der Waals surface area contributed by atoms with Gasteiger partial charge in [-0.15, -0.1) is 0 Å². The number of benzene rings is 2. The Morgan fingerprint density at radius 1 is 1.00 bits per heavy atom. The zero-order valence-electron chi connectivity index (χ0n) is 15.9. The van der Waals surface area contributed by atoms with Crippen LogP contribution >= 0.6 is 0 Å². The van der Waals surface area contributed by atoms with Gasteiger partial charge >= 0.3 is 0 Å². The summed E-state index contributed by atoms with van der Waals surface area (Å²) in [4.78, 5) is 21.8. The number of hydrogen-bond donors (Lipinski definition) is 1. The van der Waals surface area contributed by atoms with E-state index in [2.05, 4.69) is 22.0 Å². The summed E-state index contributed by atoms with van der Waals surface area (Å²) in [6, 6.07) is 18.0. The molecule has 1 aliphatic rings. The molecule has 0 bridgehead atoms. The molecule has 1 aromatic heterocycles. The first-order valence-corrected chi connectivity index (χ1v) is 9.83. The molecule has 2 aromatic carbocycles. The molecule has 1 amide bonds. The van der Waals surface area contributed by atoms with Gasteiger partial charge in [0.25, 0.3) is 5.91 Å². The molecule has 144 valence electrons. The molecular weight excluding hydrogens is 350 g/mol. The van der Waals surface area contributed by atoms with Gasteiger partial charge in [-0.25, -0.2) is 0 Å². The predicted molar refractivity (Wildman–Crippen MR) is 111 cm³/mol. The fourth-order valence-corrected chi connectivity index (χ4v) is 3.80. The van der Waals surface area contributed by atoms with Gasteiger partial charge in [-0.3, -0.25) is 14.7 Å². The molecule has 1 fully saturated rings. The second-order valence-corrected chi connectivity index (χ2v) is 7.17. The van der Waals surface area contributed by atoms with E-state index in [-0.39, 0.29) is 12.5 Å². The van der Waals surface area contributed by atoms with E-state index in [4.69, 9.17) is 5.11 Å². The van der Waals surface area contributed by atoms with Gasteiger partial charge in [0, 0.05) is 62.0 Å². The van der Waals surface area contributed by atoms with Crippen molar-refractivity contribution >= 4 is 16.7 Å². The Hall–Kier alpha value is -2.76. The van der Waals surface area contributed by atoms with Crippen LogP contribution in [0.25, 0.3) is 22.0 Å². The average molecular weight is 375 g/mol. The summed E-state index contributed by atoms with van der Waals surface area (Å²) in [7, 11) is 0. The third kappa shape index (κ3) is 3.91. The van der Waals surface area contributed by atoms with Gasteiger partial charge in [0.2, 0.25) is 0 Å². The van der Waals surface area contributed by atoms with Crippen molar-refractivity contribution in [2.45, 2.75) is 6.42 Å². The van der Waals surface area contributed by atoms with Gasteiger partial charge in [-0.05, 0) is 30.0 Å². The number of nitrogens with zero attached hydrogens (tertiary/aromatic N) is 3. The molecule has 28 heavy (non-hydrogen) atoms. The Morgan fingerprint density at radius 2 is 1.82 bits per heavy atom. The normalized spacial score (nSPS) is 15.1. The first-order valence-electron chi connectivity index (χ1n) is 9.83. The van der Waals surface area contributed by atoms with E-state index in [0.717, 1.165) is 61.2 Å². The highest BCUT2D eigenvalue weighted by Gasteiger charge is 2.22. The highest BCUT2D eigenvalue weighted by Crippen LogP contribution is 2.27. The second kappa shape index (κ2) is 8.50. The molecule has 5 heteroatoms. The van der Waals surface area contributed by atoms with E-state index < -0.39 is 0 Å². The number of carbonyl (C=O) groups is 1. The number of pyridine rings is 1. The standard InChI is InChI=1S/C23H25N3O2/c27-16-4-11-25-12-14-26(15-13-25)23(28)20-7-3-6-19(17-20)22-21-8-2-1-5-18(21)9-10-24-22/h1-3,5-10,17,27H,4,11-16H2. The van der Waals surface area contributed by atoms with Crippen molar-refractivity contribution in [1.29, 1.82) is 0 Å². The molecule has 0 unspecified atom stereocenters. The Balaban J connectivity index is 1.53. The predicted octanol–water partition coefficient (Wildman–Crippen LogP) is 3.04. The molecule has 0 spiro atoms. The summed E-state index contributed by atoms with van der Waals surface area (Å²) in [5, 5.41) is 11.2. The number of carbonyl (C=O) groups excluding carboxylic acids is 1. The van der Waals surface area contributed by atoms with Crippen molar-refractivity contribution in [1.82, 2.24) is 14.8 Å². The quantitative estimate of drug-likeness (QED) is 0.745. The van der Waals surface area contributed by atoms with E-state index in [9.17, 15) is 4.79 Å². The lowest BCUT2D eigenvalue weighted by Gasteiger charge is -2.34. The van der Waals surface area contributed by atoms with Crippen molar-refractivity contribution in [2.75, 3.05) is 39.3 Å². The molecule has 2 heterocycles. The molecule has 1 aliphatic heterocycles. The number of amides is 1. The van der Waals surface area contributed by atoms with Crippen molar-refractivity contribution in [2.24, 2.45) is 0 Å². The van der Waals surface area contributed by atoms with Gasteiger partial charge in [0.05, 0.1) is 5.69 Å². The van der Waals surface area contributed by atoms with Crippen LogP contribution < -0.4 is 0 Å². The van der Waals surface area contributed by atoms with E-state index in [0.29, 0.717) is 5.56 Å². The number of hydrogen-bond acceptors (Lipinski definition) is 4. The van der Waals surface area contributed by atoms with Gasteiger partial charge in [-0.2, -0.15) is 0 Å². The van der Waals surface area contributed by atoms with Crippen LogP contribution in [0.1, 0.15) is 16.8 Å². The summed E-state index contributed by atoms with van der Waals surface area (Å²) in [6.07, 6.45) is 2.60. The van der Waals surface area contributed by atoms with Crippen LogP contribution in [-0.4, -0.2) is 65.1 Å². The maximum atomic E-state index is 13.0. The fraction of sp³-hybridized carbons (Fsp3) is 0.304. The number of rotatable bonds is 5. The van der Waals surface area contributed by atoms with Crippen LogP contribution in [0.15, 0.2) is 60.8 Å². The molecule has 4 rings (SSSR count). The van der Waals surface area contributed by atoms with Crippen molar-refractivity contribution in [3.63, 3.8) is 0 Å². The molecule has 1 saturated heterocycles. The smallest absolute Gasteiger partial charge is 0.253 e. The van der Waals surface area contributed by atoms with Crippen LogP contribution in [-0.2, 0) is 0 Å². The number of piperazine rings is 1. The lowest BCUT2D eigenvalue weighted by Crippen LogP contribution is -2.48. The lowest BCUT2D eigenvalue weighted by molar-refractivity contribution is 0.0629. The fourth-order valence-electron chi connectivity index (χ4n) is 3.80. The summed E-state index contributed by atoms with van der Waals surface area (Å²) < 4.78 is 0. The third-order valence-corrected chi connectivity index (χ3v) is 5.35. The highest BCUT2D eigenvalue weighted by molar-refractivity contribution is 5.98. The van der Waals surface area contributed by atoms with Crippen LogP contribution in [0.2, 0.25) is 0 Å². The first-order chi connectivity index (χ1) is 13.8. The van der Waals surface area contributed by atoms with Gasteiger partial charge in [0.15, 0.2) is 0 Å². The minimum atomic E-state index is 0.0731. The average Bonchev–Trinajstić information content (AvgIpc) is 2.77. The molecule has 0 atom stereocenters. The minimum Gasteiger partial charge on any atom is -0.396 e. The molecule has 5 nitrogen and oxygen atoms in total. The molecule has 3 aromatic rings. The largest absolute Gasteiger partial charge is 0.396 e. The van der Waals surface area contributed by atoms with Gasteiger partial charge in [-0.1, -0.05) is 36.4 Å². The second-order valence-electron chi connectivity index (χ2n) is 7.17. The van der Waals surface area contributed by atoms with Gasteiger partial charge < -0.3 is 10.0 Å². The van der Waals surface area contributed by atoms with Crippen LogP contribution in [0.4, 0.5) is 0 Å². The summed E-state index contributed by atoms with van der Waals surface area (Å²) in [5.41, 5.74) is 2.57. The maximum Gasteiger partial charge on any atom is 0.253 e. The Morgan fingerprint density at radius 3 is 2.64 bits per heavy atom. The van der Waals surface area contributed by atoms with Crippen molar-refractivity contribution in [3.8, 4) is 11.3 Å². The number of aliphatic hydroxyl groups is 1. The Labute approximate surface area is 165 Å². The van der Waals surface area contributed by atoms with Crippen LogP contribution in [0, 0.1) is 0 Å². The minimum absolute atomic E-state index is 0.0731. The number of aromatic nitrogens is 1. The van der Waals surface area contributed by atoms with E-state index >= 15 is 0 Å². The topological polar surface area (TPSA) is 56.7 Å². The SMILES string of the molecule is O=C(c1cccc(-c2nccc3ccccc23)c1)N1CCN(CCCO)CC1. The van der Waals surface area contributed by atoms with Crippen molar-refractivity contribution in [3.05, 3.63) is 66.4 Å². The maximum absolute atomic E-state index is 13.0. The summed E-state index contributed by atoms with van der Waals surface area (Å²) in [5.74, 6) is 0.0731. The summed E-state index contributed by atoms with van der Waals surface area (Å²) in [6.45, 7) is 4.27. The van der Waals surface area contributed by atoms with Gasteiger partial charge in [0.1, 0.15) is 0 Å². The van der Waals surface area contributed by atoms with E-state index in [1.54, 1.807) is 0 Å². The number of fused-ring (bicyclic) bond motifs is 1. The molecule has 1 N–H and O–H groups in total. The molecular formula is C23H25N3O2. The molecule has 0 radical (unpaired) electrons. The number of aliphatic hydroxyl groups excluding tert-OH is 1. The Kier molecular flexibility index (Phi) is 5.65. The zero-order valence-corrected chi connectivity index (χ0v) is 15.9. The van der Waals surface area contributed by atoms with E-state index in [1.165, 1.54) is 0 Å². The van der Waals surface area contributed by atoms with Crippen molar-refractivity contribution < 1.29 is 9.90 Å². The monoisotopic (exact) mass is 375 g/mol. The van der Waals surface area contributed by atoms with Crippen LogP contribution in [0.3, 0.4) is 0 Å². The van der Waals surface area contributed by atoms with E-state index in [1.807, 2.05) is 53.6 Å². The first kappa shape index (κ1) is 18.6. The third-order valence-electron chi connectivity index (χ3n) is 5.35. The molecule has 0 saturated carbocycles. The molecule has 0 aliphatic carbocycles. The Bertz CT molecular complexity index is 959. The van der Waals surface area contributed by atoms with Crippen LogP contribution in [0.5, 0.6) is 0 Å². The lowest BCUT2D eigenvalue weighted by atomic mass is 10.0. The summed E-state index contributed by atoms with van der Waals surface area (Å²) >= 11 is 0.